The third kappa shape index (κ3) is 5.71. The maximum Gasteiger partial charge on any atom is 0.325 e. The van der Waals surface area contributed by atoms with Crippen molar-refractivity contribution in [2.24, 2.45) is 5.92 Å². The summed E-state index contributed by atoms with van der Waals surface area (Å²) in [6, 6.07) is 9.89. The first-order valence-electron chi connectivity index (χ1n) is 11.9. The Hall–Kier alpha value is -3.23. The first kappa shape index (κ1) is 23.5. The Morgan fingerprint density at radius 2 is 2.09 bits per heavy atom. The SMILES string of the molecule is O=C(O)Cn1cnc(CCc2ccc(/C(=C\[C@H]3CCOC3)c3ccc(C4CC4)c(=O)[nH]3)cc2Cl)n1. The van der Waals surface area contributed by atoms with Crippen LogP contribution in [-0.4, -0.2) is 44.0 Å². The van der Waals surface area contributed by atoms with E-state index in [9.17, 15) is 9.59 Å². The summed E-state index contributed by atoms with van der Waals surface area (Å²) in [5.41, 5.74) is 4.46. The third-order valence-electron chi connectivity index (χ3n) is 6.48. The second kappa shape index (κ2) is 10.2. The number of aryl methyl sites for hydroxylation is 2. The molecule has 2 fully saturated rings. The van der Waals surface area contributed by atoms with Crippen molar-refractivity contribution in [3.8, 4) is 0 Å². The summed E-state index contributed by atoms with van der Waals surface area (Å²) >= 11 is 6.68. The number of carbonyl (C=O) groups is 1. The molecule has 35 heavy (non-hydrogen) atoms. The predicted molar refractivity (Wildman–Crippen MR) is 132 cm³/mol. The lowest BCUT2D eigenvalue weighted by Gasteiger charge is -2.14. The Kier molecular flexibility index (Phi) is 6.83. The zero-order valence-electron chi connectivity index (χ0n) is 19.2. The van der Waals surface area contributed by atoms with E-state index in [2.05, 4.69) is 21.1 Å². The molecule has 8 nitrogen and oxygen atoms in total. The van der Waals surface area contributed by atoms with Crippen LogP contribution < -0.4 is 5.56 Å². The van der Waals surface area contributed by atoms with Crippen LogP contribution in [0.25, 0.3) is 5.57 Å². The first-order chi connectivity index (χ1) is 17.0. The van der Waals surface area contributed by atoms with Crippen LogP contribution in [0.4, 0.5) is 0 Å². The maximum atomic E-state index is 12.7. The molecule has 0 radical (unpaired) electrons. The van der Waals surface area contributed by atoms with Gasteiger partial charge in [0.1, 0.15) is 12.9 Å². The number of nitrogens with zero attached hydrogens (tertiary/aromatic N) is 3. The number of hydrogen-bond acceptors (Lipinski definition) is 5. The molecule has 1 saturated carbocycles. The number of aromatic amines is 1. The molecule has 2 aliphatic rings. The van der Waals surface area contributed by atoms with E-state index in [1.807, 2.05) is 30.3 Å². The number of nitrogens with one attached hydrogen (secondary N) is 1. The van der Waals surface area contributed by atoms with Crippen LogP contribution in [0, 0.1) is 5.92 Å². The highest BCUT2D eigenvalue weighted by molar-refractivity contribution is 6.31. The molecule has 1 saturated heterocycles. The van der Waals surface area contributed by atoms with Crippen molar-refractivity contribution in [1.29, 1.82) is 0 Å². The van der Waals surface area contributed by atoms with Crippen molar-refractivity contribution in [3.63, 3.8) is 0 Å². The zero-order valence-corrected chi connectivity index (χ0v) is 20.0. The lowest BCUT2D eigenvalue weighted by molar-refractivity contribution is -0.137. The summed E-state index contributed by atoms with van der Waals surface area (Å²) < 4.78 is 6.87. The molecule has 3 heterocycles. The van der Waals surface area contributed by atoms with Crippen LogP contribution in [0.5, 0.6) is 0 Å². The summed E-state index contributed by atoms with van der Waals surface area (Å²) in [7, 11) is 0. The second-order valence-electron chi connectivity index (χ2n) is 9.19. The third-order valence-corrected chi connectivity index (χ3v) is 6.83. The number of rotatable bonds is 9. The van der Waals surface area contributed by atoms with Crippen molar-refractivity contribution in [2.75, 3.05) is 13.2 Å². The van der Waals surface area contributed by atoms with Crippen LogP contribution in [0.3, 0.4) is 0 Å². The van der Waals surface area contributed by atoms with E-state index in [0.29, 0.717) is 36.2 Å². The van der Waals surface area contributed by atoms with Crippen molar-refractivity contribution in [1.82, 2.24) is 19.7 Å². The summed E-state index contributed by atoms with van der Waals surface area (Å²) in [5, 5.41) is 13.7. The molecule has 1 atom stereocenters. The minimum Gasteiger partial charge on any atom is -0.480 e. The highest BCUT2D eigenvalue weighted by Gasteiger charge is 2.26. The number of aromatic nitrogens is 4. The van der Waals surface area contributed by atoms with Crippen LogP contribution in [0.2, 0.25) is 5.02 Å². The van der Waals surface area contributed by atoms with E-state index in [-0.39, 0.29) is 18.0 Å². The summed E-state index contributed by atoms with van der Waals surface area (Å²) in [5.74, 6) is 0.280. The zero-order chi connectivity index (χ0) is 24.4. The predicted octanol–water partition coefficient (Wildman–Crippen LogP) is 3.84. The van der Waals surface area contributed by atoms with Crippen molar-refractivity contribution < 1.29 is 14.6 Å². The quantitative estimate of drug-likeness (QED) is 0.467. The van der Waals surface area contributed by atoms with Gasteiger partial charge in [-0.25, -0.2) is 9.67 Å². The fourth-order valence-corrected chi connectivity index (χ4v) is 4.72. The Bertz CT molecular complexity index is 1320. The van der Waals surface area contributed by atoms with Gasteiger partial charge in [0.25, 0.3) is 5.56 Å². The summed E-state index contributed by atoms with van der Waals surface area (Å²) in [6.45, 7) is 1.19. The minimum absolute atomic E-state index is 0.0175. The van der Waals surface area contributed by atoms with Crippen molar-refractivity contribution in [2.45, 2.75) is 44.6 Å². The van der Waals surface area contributed by atoms with Crippen molar-refractivity contribution in [3.05, 3.63) is 86.3 Å². The average Bonchev–Trinajstić information content (AvgIpc) is 3.34. The maximum absolute atomic E-state index is 12.7. The molecule has 1 aliphatic heterocycles. The van der Waals surface area contributed by atoms with Gasteiger partial charge in [0, 0.05) is 40.8 Å². The number of hydrogen-bond donors (Lipinski definition) is 2. The molecule has 5 rings (SSSR count). The van der Waals surface area contributed by atoms with E-state index >= 15 is 0 Å². The molecule has 0 bridgehead atoms. The molecule has 2 aromatic heterocycles. The van der Waals surface area contributed by atoms with Gasteiger partial charge in [0.05, 0.1) is 6.61 Å². The summed E-state index contributed by atoms with van der Waals surface area (Å²) in [6.07, 6.45) is 7.88. The van der Waals surface area contributed by atoms with E-state index in [1.165, 1.54) is 11.0 Å². The normalized spacial score (nSPS) is 18.2. The van der Waals surface area contributed by atoms with Crippen LogP contribution in [0.1, 0.15) is 53.4 Å². The van der Waals surface area contributed by atoms with Gasteiger partial charge in [-0.15, -0.1) is 0 Å². The number of aliphatic carboxylic acids is 1. The molecule has 1 aliphatic carbocycles. The topological polar surface area (TPSA) is 110 Å². The van der Waals surface area contributed by atoms with Crippen molar-refractivity contribution >= 4 is 23.1 Å². The van der Waals surface area contributed by atoms with E-state index in [0.717, 1.165) is 53.8 Å². The fourth-order valence-electron chi connectivity index (χ4n) is 4.45. The Balaban J connectivity index is 1.38. The van der Waals surface area contributed by atoms with Crippen LogP contribution in [0.15, 0.2) is 47.5 Å². The van der Waals surface area contributed by atoms with Gasteiger partial charge in [0.15, 0.2) is 5.82 Å². The van der Waals surface area contributed by atoms with Crippen LogP contribution >= 0.6 is 11.6 Å². The number of benzene rings is 1. The molecular weight excluding hydrogens is 468 g/mol. The van der Waals surface area contributed by atoms with Gasteiger partial charge in [-0.2, -0.15) is 5.10 Å². The fraction of sp³-hybridized carbons (Fsp3) is 0.385. The first-order valence-corrected chi connectivity index (χ1v) is 12.3. The van der Waals surface area contributed by atoms with Gasteiger partial charge < -0.3 is 14.8 Å². The minimum atomic E-state index is -0.961. The van der Waals surface area contributed by atoms with Crippen LogP contribution in [-0.2, 0) is 28.9 Å². The molecular formula is C26H27ClN4O4. The van der Waals surface area contributed by atoms with E-state index < -0.39 is 5.97 Å². The molecule has 182 valence electrons. The van der Waals surface area contributed by atoms with Gasteiger partial charge in [-0.05, 0) is 54.9 Å². The van der Waals surface area contributed by atoms with Gasteiger partial charge in [0.2, 0.25) is 0 Å². The Labute approximate surface area is 207 Å². The number of pyridine rings is 1. The van der Waals surface area contributed by atoms with Gasteiger partial charge >= 0.3 is 5.97 Å². The number of carboxylic acids is 1. The molecule has 0 unspecified atom stereocenters. The van der Waals surface area contributed by atoms with Gasteiger partial charge in [-0.1, -0.05) is 35.9 Å². The molecule has 3 aromatic rings. The molecule has 9 heteroatoms. The molecule has 2 N–H and O–H groups in total. The molecule has 1 aromatic carbocycles. The lowest BCUT2D eigenvalue weighted by atomic mass is 9.94. The number of H-pyrrole nitrogens is 1. The smallest absolute Gasteiger partial charge is 0.325 e. The lowest BCUT2D eigenvalue weighted by Crippen LogP contribution is -2.14. The highest BCUT2D eigenvalue weighted by atomic mass is 35.5. The molecule has 0 spiro atoms. The standard InChI is InChI=1S/C26H27ClN4O4/c27-22-12-19(4-3-18(22)5-8-24-28-15-31(30-24)13-25(32)33)21(11-16-9-10-35-14-16)23-7-6-20(17-1-2-17)26(34)29-23/h3-4,6-7,11-12,15-17H,1-2,5,8-10,13-14H2,(H,29,34)(H,32,33)/b21-11+/t16-/m1/s1. The molecule has 0 amide bonds. The second-order valence-corrected chi connectivity index (χ2v) is 9.60. The highest BCUT2D eigenvalue weighted by Crippen LogP contribution is 2.38. The number of ether oxygens (including phenoxy) is 1. The average molecular weight is 495 g/mol. The van der Waals surface area contributed by atoms with E-state index in [1.54, 1.807) is 0 Å². The Morgan fingerprint density at radius 3 is 2.77 bits per heavy atom. The number of carboxylic acid groups (broad SMARTS) is 1. The summed E-state index contributed by atoms with van der Waals surface area (Å²) in [4.78, 5) is 30.8. The van der Waals surface area contributed by atoms with Gasteiger partial charge in [-0.3, -0.25) is 9.59 Å². The van der Waals surface area contributed by atoms with E-state index in [4.69, 9.17) is 21.4 Å². The largest absolute Gasteiger partial charge is 0.480 e. The number of halogens is 1. The Morgan fingerprint density at radius 1 is 1.23 bits per heavy atom. The monoisotopic (exact) mass is 494 g/mol.